The van der Waals surface area contributed by atoms with Crippen molar-refractivity contribution in [3.8, 4) is 0 Å². The molecule has 14 heavy (non-hydrogen) atoms. The van der Waals surface area contributed by atoms with Crippen molar-refractivity contribution in [2.45, 2.75) is 45.3 Å². The van der Waals surface area contributed by atoms with Crippen molar-refractivity contribution in [3.63, 3.8) is 0 Å². The van der Waals surface area contributed by atoms with Crippen LogP contribution in [0.2, 0.25) is 0 Å². The van der Waals surface area contributed by atoms with Crippen LogP contribution in [-0.2, 0) is 4.74 Å². The van der Waals surface area contributed by atoms with Gasteiger partial charge in [0.05, 0.1) is 6.61 Å². The predicted octanol–water partition coefficient (Wildman–Crippen LogP) is -0.109. The summed E-state index contributed by atoms with van der Waals surface area (Å²) in [5.74, 6) is -1.20. The van der Waals surface area contributed by atoms with Crippen molar-refractivity contribution in [3.05, 3.63) is 0 Å². The quantitative estimate of drug-likeness (QED) is 0.432. The highest BCUT2D eigenvalue weighted by Crippen LogP contribution is 2.11. The maximum atomic E-state index is 9.17. The molecule has 0 heterocycles. The summed E-state index contributed by atoms with van der Waals surface area (Å²) in [5, 5.41) is 27.0. The predicted molar refractivity (Wildman–Crippen MR) is 53.0 cm³/mol. The van der Waals surface area contributed by atoms with Gasteiger partial charge in [-0.1, -0.05) is 0 Å². The number of aliphatic imine (C=N–C) groups is 1. The molecule has 3 N–H and O–H groups in total. The summed E-state index contributed by atoms with van der Waals surface area (Å²) < 4.78 is 4.95. The zero-order chi connectivity index (χ0) is 11.4. The number of nitrogens with zero attached hydrogens (tertiary/aromatic N) is 1. The highest BCUT2D eigenvalue weighted by atomic mass is 16.6. The Labute approximate surface area is 84.1 Å². The van der Waals surface area contributed by atoms with Crippen LogP contribution < -0.4 is 0 Å². The summed E-state index contributed by atoms with van der Waals surface area (Å²) in [5.41, 5.74) is -0.955. The van der Waals surface area contributed by atoms with E-state index in [1.165, 1.54) is 20.1 Å². The SMILES string of the molecule is CC(C)(O)OCC=NC(C)(C)C(O)O. The molecular formula is C9H19NO4. The molecule has 0 aromatic carbocycles. The second-order valence-electron chi connectivity index (χ2n) is 4.10. The van der Waals surface area contributed by atoms with Crippen LogP contribution in [-0.4, -0.2) is 45.8 Å². The third-order valence-electron chi connectivity index (χ3n) is 1.57. The van der Waals surface area contributed by atoms with E-state index in [1.807, 2.05) is 0 Å². The molecule has 0 radical (unpaired) electrons. The van der Waals surface area contributed by atoms with Gasteiger partial charge >= 0.3 is 0 Å². The topological polar surface area (TPSA) is 82.3 Å². The lowest BCUT2D eigenvalue weighted by molar-refractivity contribution is -0.163. The molecular weight excluding hydrogens is 186 g/mol. The standard InChI is InChI=1S/C9H19NO4/c1-8(2,7(11)12)10-5-6-14-9(3,4)13/h5,7,11-13H,6H2,1-4H3. The smallest absolute Gasteiger partial charge is 0.176 e. The molecule has 5 heteroatoms. The summed E-state index contributed by atoms with van der Waals surface area (Å²) in [6, 6.07) is 0. The Morgan fingerprint density at radius 2 is 1.79 bits per heavy atom. The highest BCUT2D eigenvalue weighted by Gasteiger charge is 2.23. The van der Waals surface area contributed by atoms with E-state index in [0.717, 1.165) is 0 Å². The second-order valence-corrected chi connectivity index (χ2v) is 4.10. The van der Waals surface area contributed by atoms with Gasteiger partial charge in [-0.3, -0.25) is 4.99 Å². The zero-order valence-electron chi connectivity index (χ0n) is 9.06. The van der Waals surface area contributed by atoms with Crippen molar-refractivity contribution in [2.75, 3.05) is 6.61 Å². The Bertz CT molecular complexity index is 193. The molecule has 0 spiro atoms. The van der Waals surface area contributed by atoms with Gasteiger partial charge in [0.1, 0.15) is 5.54 Å². The fraction of sp³-hybridized carbons (Fsp3) is 0.889. The number of aliphatic hydroxyl groups excluding tert-OH is 1. The van der Waals surface area contributed by atoms with Gasteiger partial charge in [0, 0.05) is 6.21 Å². The zero-order valence-corrected chi connectivity index (χ0v) is 9.06. The summed E-state index contributed by atoms with van der Waals surface area (Å²) >= 11 is 0. The molecule has 0 saturated carbocycles. The molecule has 0 aliphatic rings. The first kappa shape index (κ1) is 13.5. The first-order chi connectivity index (χ1) is 6.15. The van der Waals surface area contributed by atoms with E-state index in [2.05, 4.69) is 4.99 Å². The minimum Gasteiger partial charge on any atom is -0.366 e. The van der Waals surface area contributed by atoms with E-state index in [-0.39, 0.29) is 6.61 Å². The van der Waals surface area contributed by atoms with Crippen LogP contribution in [0.1, 0.15) is 27.7 Å². The minimum atomic E-state index is -1.51. The number of aliphatic hydroxyl groups is 3. The molecule has 5 nitrogen and oxygen atoms in total. The number of rotatable bonds is 5. The van der Waals surface area contributed by atoms with E-state index < -0.39 is 17.6 Å². The van der Waals surface area contributed by atoms with Crippen LogP contribution >= 0.6 is 0 Å². The van der Waals surface area contributed by atoms with E-state index in [4.69, 9.17) is 14.9 Å². The molecule has 0 atom stereocenters. The van der Waals surface area contributed by atoms with Crippen molar-refractivity contribution in [2.24, 2.45) is 4.99 Å². The van der Waals surface area contributed by atoms with Crippen LogP contribution in [0.4, 0.5) is 0 Å². The third kappa shape index (κ3) is 6.04. The van der Waals surface area contributed by atoms with Crippen molar-refractivity contribution < 1.29 is 20.1 Å². The molecule has 0 rings (SSSR count). The van der Waals surface area contributed by atoms with Crippen LogP contribution in [0, 0.1) is 0 Å². The van der Waals surface area contributed by atoms with Gasteiger partial charge < -0.3 is 20.1 Å². The normalized spacial score (nSPS) is 14.3. The number of hydrogen-bond acceptors (Lipinski definition) is 5. The van der Waals surface area contributed by atoms with Gasteiger partial charge in [0.25, 0.3) is 0 Å². The minimum absolute atomic E-state index is 0.125. The highest BCUT2D eigenvalue weighted by molar-refractivity contribution is 5.59. The van der Waals surface area contributed by atoms with Crippen LogP contribution in [0.3, 0.4) is 0 Å². The lowest BCUT2D eigenvalue weighted by atomic mass is 10.1. The van der Waals surface area contributed by atoms with E-state index in [1.54, 1.807) is 13.8 Å². The van der Waals surface area contributed by atoms with Crippen LogP contribution in [0.25, 0.3) is 0 Å². The molecule has 0 saturated heterocycles. The fourth-order valence-corrected chi connectivity index (χ4v) is 0.580. The van der Waals surface area contributed by atoms with Crippen molar-refractivity contribution >= 4 is 6.21 Å². The molecule has 0 fully saturated rings. The first-order valence-corrected chi connectivity index (χ1v) is 4.41. The van der Waals surface area contributed by atoms with Crippen molar-refractivity contribution in [1.82, 2.24) is 0 Å². The average molecular weight is 205 g/mol. The molecule has 0 aromatic heterocycles. The Kier molecular flexibility index (Phi) is 4.67. The maximum Gasteiger partial charge on any atom is 0.176 e. The van der Waals surface area contributed by atoms with Gasteiger partial charge in [-0.2, -0.15) is 0 Å². The Morgan fingerprint density at radius 1 is 1.29 bits per heavy atom. The lowest BCUT2D eigenvalue weighted by Crippen LogP contribution is -2.34. The summed E-state index contributed by atoms with van der Waals surface area (Å²) in [7, 11) is 0. The lowest BCUT2D eigenvalue weighted by Gasteiger charge is -2.22. The first-order valence-electron chi connectivity index (χ1n) is 4.41. The van der Waals surface area contributed by atoms with Gasteiger partial charge in [0.15, 0.2) is 12.1 Å². The monoisotopic (exact) mass is 205 g/mol. The average Bonchev–Trinajstić information content (AvgIpc) is 1.96. The fourth-order valence-electron chi connectivity index (χ4n) is 0.580. The van der Waals surface area contributed by atoms with E-state index >= 15 is 0 Å². The Balaban J connectivity index is 3.95. The number of ether oxygens (including phenoxy) is 1. The summed E-state index contributed by atoms with van der Waals surface area (Å²) in [6.45, 7) is 6.30. The second kappa shape index (κ2) is 4.84. The van der Waals surface area contributed by atoms with Gasteiger partial charge in [-0.25, -0.2) is 0 Å². The summed E-state index contributed by atoms with van der Waals surface area (Å²) in [6.07, 6.45) is -0.113. The molecule has 0 aliphatic carbocycles. The molecule has 0 aliphatic heterocycles. The van der Waals surface area contributed by atoms with Crippen LogP contribution in [0.5, 0.6) is 0 Å². The largest absolute Gasteiger partial charge is 0.366 e. The third-order valence-corrected chi connectivity index (χ3v) is 1.57. The van der Waals surface area contributed by atoms with Gasteiger partial charge in [0.2, 0.25) is 0 Å². The number of hydrogen-bond donors (Lipinski definition) is 3. The molecule has 0 aromatic rings. The van der Waals surface area contributed by atoms with Crippen LogP contribution in [0.15, 0.2) is 4.99 Å². The molecule has 84 valence electrons. The Hall–Kier alpha value is -0.490. The maximum absolute atomic E-state index is 9.17. The van der Waals surface area contributed by atoms with E-state index in [9.17, 15) is 5.11 Å². The molecule has 0 bridgehead atoms. The Morgan fingerprint density at radius 3 is 2.14 bits per heavy atom. The molecule has 0 unspecified atom stereocenters. The molecule has 0 amide bonds. The van der Waals surface area contributed by atoms with Gasteiger partial charge in [-0.05, 0) is 27.7 Å². The van der Waals surface area contributed by atoms with E-state index in [0.29, 0.717) is 0 Å². The van der Waals surface area contributed by atoms with Gasteiger partial charge in [-0.15, -0.1) is 0 Å². The van der Waals surface area contributed by atoms with Crippen molar-refractivity contribution in [1.29, 1.82) is 0 Å². The summed E-state index contributed by atoms with van der Waals surface area (Å²) in [4.78, 5) is 3.90.